The molecular weight excluding hydrogens is 564 g/mol. The summed E-state index contributed by atoms with van der Waals surface area (Å²) in [4.78, 5) is 51.1. The van der Waals surface area contributed by atoms with Gasteiger partial charge >= 0.3 is 11.9 Å². The van der Waals surface area contributed by atoms with E-state index in [2.05, 4.69) is 10.6 Å². The van der Waals surface area contributed by atoms with Crippen LogP contribution in [0.25, 0.3) is 0 Å². The van der Waals surface area contributed by atoms with Crippen LogP contribution < -0.4 is 15.4 Å². The number of halogens is 1. The summed E-state index contributed by atoms with van der Waals surface area (Å²) in [6.45, 7) is 2.85. The monoisotopic (exact) mass is 598 g/mol. The fourth-order valence-electron chi connectivity index (χ4n) is 4.76. The minimum Gasteiger partial charge on any atom is -0.495 e. The predicted molar refractivity (Wildman–Crippen MR) is 154 cm³/mol. The number of rotatable bonds is 6. The number of cyclic esters (lactones) is 2. The second-order valence-corrected chi connectivity index (χ2v) is 10.9. The molecule has 0 radical (unpaired) electrons. The third kappa shape index (κ3) is 8.33. The van der Waals surface area contributed by atoms with E-state index in [1.54, 1.807) is 31.2 Å². The summed E-state index contributed by atoms with van der Waals surface area (Å²) in [5.74, 6) is -2.85. The van der Waals surface area contributed by atoms with E-state index in [4.69, 9.17) is 30.5 Å². The maximum atomic E-state index is 13.1. The Hall–Kier alpha value is -3.89. The summed E-state index contributed by atoms with van der Waals surface area (Å²) in [5.41, 5.74) is 1.72. The van der Waals surface area contributed by atoms with Crippen molar-refractivity contribution in [2.75, 3.05) is 20.3 Å². The zero-order chi connectivity index (χ0) is 30.2. The maximum absolute atomic E-state index is 13.1. The molecule has 42 heavy (non-hydrogen) atoms. The highest BCUT2D eigenvalue weighted by atomic mass is 35.5. The van der Waals surface area contributed by atoms with Gasteiger partial charge in [0.05, 0.1) is 24.2 Å². The lowest BCUT2D eigenvalue weighted by Gasteiger charge is -2.23. The molecule has 2 aliphatic heterocycles. The molecule has 10 nitrogen and oxygen atoms in total. The van der Waals surface area contributed by atoms with Gasteiger partial charge in [0.15, 0.2) is 6.61 Å². The van der Waals surface area contributed by atoms with E-state index in [1.165, 1.54) is 13.2 Å². The third-order valence-corrected chi connectivity index (χ3v) is 7.58. The van der Waals surface area contributed by atoms with Crippen LogP contribution in [0.3, 0.4) is 0 Å². The van der Waals surface area contributed by atoms with Gasteiger partial charge in [-0.2, -0.15) is 0 Å². The van der Waals surface area contributed by atoms with Gasteiger partial charge in [-0.1, -0.05) is 67.9 Å². The zero-order valence-corrected chi connectivity index (χ0v) is 24.5. The van der Waals surface area contributed by atoms with Crippen molar-refractivity contribution in [3.8, 4) is 5.75 Å². The van der Waals surface area contributed by atoms with Gasteiger partial charge in [0, 0.05) is 25.3 Å². The van der Waals surface area contributed by atoms with E-state index in [0.29, 0.717) is 16.3 Å². The molecule has 2 heterocycles. The Morgan fingerprint density at radius 1 is 1.10 bits per heavy atom. The van der Waals surface area contributed by atoms with Gasteiger partial charge in [0.1, 0.15) is 24.0 Å². The van der Waals surface area contributed by atoms with Crippen LogP contribution in [0.15, 0.2) is 60.7 Å². The second-order valence-electron chi connectivity index (χ2n) is 10.4. The van der Waals surface area contributed by atoms with Crippen molar-refractivity contribution in [3.63, 3.8) is 0 Å². The zero-order valence-electron chi connectivity index (χ0n) is 23.7. The van der Waals surface area contributed by atoms with E-state index in [-0.39, 0.29) is 37.5 Å². The van der Waals surface area contributed by atoms with E-state index >= 15 is 0 Å². The molecule has 2 aromatic carbocycles. The quantitative estimate of drug-likeness (QED) is 0.382. The Bertz CT molecular complexity index is 1320. The van der Waals surface area contributed by atoms with Gasteiger partial charge in [-0.25, -0.2) is 4.79 Å². The molecule has 2 aromatic rings. The highest BCUT2D eigenvalue weighted by Gasteiger charge is 2.47. The molecular formula is C31H35ClN2O8. The number of epoxide rings is 1. The number of ether oxygens (including phenoxy) is 4. The molecule has 224 valence electrons. The molecule has 0 aromatic heterocycles. The fourth-order valence-corrected chi connectivity index (χ4v) is 5.04. The van der Waals surface area contributed by atoms with Crippen molar-refractivity contribution in [1.82, 2.24) is 10.6 Å². The van der Waals surface area contributed by atoms with Crippen molar-refractivity contribution in [1.29, 1.82) is 0 Å². The second kappa shape index (κ2) is 14.3. The van der Waals surface area contributed by atoms with E-state index in [9.17, 15) is 19.2 Å². The van der Waals surface area contributed by atoms with Crippen molar-refractivity contribution >= 4 is 35.4 Å². The van der Waals surface area contributed by atoms with Crippen molar-refractivity contribution in [2.45, 2.75) is 51.0 Å². The Balaban J connectivity index is 1.50. The van der Waals surface area contributed by atoms with Gasteiger partial charge in [-0.3, -0.25) is 14.4 Å². The molecule has 0 saturated carbocycles. The molecule has 1 saturated heterocycles. The summed E-state index contributed by atoms with van der Waals surface area (Å²) in [6.07, 6.45) is 2.28. The molecule has 11 heteroatoms. The lowest BCUT2D eigenvalue weighted by atomic mass is 9.94. The first-order valence-electron chi connectivity index (χ1n) is 13.8. The summed E-state index contributed by atoms with van der Waals surface area (Å²) in [5, 5.41) is 5.77. The Morgan fingerprint density at radius 2 is 1.86 bits per heavy atom. The number of nitrogens with one attached hydrogen (secondary N) is 2. The molecule has 2 N–H and O–H groups in total. The summed E-state index contributed by atoms with van der Waals surface area (Å²) in [7, 11) is 1.50. The smallest absolute Gasteiger partial charge is 0.344 e. The first-order valence-corrected chi connectivity index (χ1v) is 14.2. The van der Waals surface area contributed by atoms with E-state index in [0.717, 1.165) is 5.56 Å². The van der Waals surface area contributed by atoms with Crippen LogP contribution in [0.4, 0.5) is 0 Å². The van der Waals surface area contributed by atoms with Crippen LogP contribution in [0.2, 0.25) is 5.02 Å². The molecule has 1 fully saturated rings. The number of benzene rings is 2. The van der Waals surface area contributed by atoms with Gasteiger partial charge < -0.3 is 29.6 Å². The average molecular weight is 599 g/mol. The Morgan fingerprint density at radius 3 is 2.57 bits per heavy atom. The molecule has 1 unspecified atom stereocenters. The number of hydrogen-bond donors (Lipinski definition) is 2. The largest absolute Gasteiger partial charge is 0.495 e. The van der Waals surface area contributed by atoms with E-state index < -0.39 is 48.4 Å². The number of carbonyl (C=O) groups is 4. The summed E-state index contributed by atoms with van der Waals surface area (Å²) < 4.78 is 22.0. The van der Waals surface area contributed by atoms with Crippen molar-refractivity contribution in [3.05, 3.63) is 76.8 Å². The van der Waals surface area contributed by atoms with Crippen molar-refractivity contribution in [2.24, 2.45) is 11.8 Å². The standard InChI is InChI=1S/C31H35ClN2O8/c1-18-16-33-30(37)23(15-20-12-13-25(39-3)22(32)14-20)34-26(35)11-7-10-24(41-27(36)17-40-31(18)38)19(2)28-29(42-28)21-8-5-4-6-9-21/h4-9,11-14,18-19,23-24,28-29H,10,15-17H2,1-3H3,(H,33,37)(H,34,35)/b11-7+/t18-,19+,23-,24?,28-,29-/m1/s1. The molecule has 6 atom stereocenters. The molecule has 0 spiro atoms. The highest BCUT2D eigenvalue weighted by molar-refractivity contribution is 6.32. The van der Waals surface area contributed by atoms with Crippen LogP contribution in [0, 0.1) is 11.8 Å². The molecule has 0 aliphatic carbocycles. The third-order valence-electron chi connectivity index (χ3n) is 7.28. The number of methoxy groups -OCH3 is 1. The first-order chi connectivity index (χ1) is 20.2. The molecule has 0 bridgehead atoms. The Kier molecular flexibility index (Phi) is 10.6. The number of hydrogen-bond acceptors (Lipinski definition) is 8. The normalized spacial score (nSPS) is 27.1. The lowest BCUT2D eigenvalue weighted by molar-refractivity contribution is -0.165. The number of amides is 2. The minimum atomic E-state index is -0.957. The lowest BCUT2D eigenvalue weighted by Crippen LogP contribution is -2.49. The van der Waals surface area contributed by atoms with Crippen LogP contribution in [-0.4, -0.2) is 62.3 Å². The molecule has 2 aliphatic rings. The van der Waals surface area contributed by atoms with Crippen LogP contribution in [0.5, 0.6) is 5.75 Å². The van der Waals surface area contributed by atoms with Gasteiger partial charge in [-0.05, 0) is 29.3 Å². The Labute approximate surface area is 249 Å². The summed E-state index contributed by atoms with van der Waals surface area (Å²) >= 11 is 6.26. The summed E-state index contributed by atoms with van der Waals surface area (Å²) in [6, 6.07) is 13.9. The van der Waals surface area contributed by atoms with Gasteiger partial charge in [-0.15, -0.1) is 0 Å². The van der Waals surface area contributed by atoms with Crippen LogP contribution in [-0.2, 0) is 39.8 Å². The average Bonchev–Trinajstić information content (AvgIpc) is 3.78. The molecule has 2 amide bonds. The minimum absolute atomic E-state index is 0.0577. The van der Waals surface area contributed by atoms with Crippen LogP contribution >= 0.6 is 11.6 Å². The van der Waals surface area contributed by atoms with Gasteiger partial charge in [0.2, 0.25) is 11.8 Å². The topological polar surface area (TPSA) is 133 Å². The fraction of sp³-hybridized carbons (Fsp3) is 0.419. The van der Waals surface area contributed by atoms with E-state index in [1.807, 2.05) is 37.3 Å². The molecule has 4 rings (SSSR count). The SMILES string of the molecule is COc1ccc(C[C@H]2NC(=O)/C=C/CC([C@H](C)[C@H]3O[C@@H]3c3ccccc3)OC(=O)COC(=O)[C@H](C)CNC2=O)cc1Cl. The predicted octanol–water partition coefficient (Wildman–Crippen LogP) is 3.32. The number of carbonyl (C=O) groups excluding carboxylic acids is 4. The van der Waals surface area contributed by atoms with Gasteiger partial charge in [0.25, 0.3) is 0 Å². The first kappa shape index (κ1) is 31.1. The highest BCUT2D eigenvalue weighted by Crippen LogP contribution is 2.45. The number of esters is 2. The van der Waals surface area contributed by atoms with Crippen LogP contribution in [0.1, 0.15) is 37.5 Å². The van der Waals surface area contributed by atoms with Crippen molar-refractivity contribution < 1.29 is 38.1 Å². The maximum Gasteiger partial charge on any atom is 0.344 e.